The molecule has 1 N–H and O–H groups in total. The first-order chi connectivity index (χ1) is 9.42. The minimum Gasteiger partial charge on any atom is -0.345 e. The lowest BCUT2D eigenvalue weighted by Gasteiger charge is -2.14. The van der Waals surface area contributed by atoms with Crippen LogP contribution in [0.3, 0.4) is 0 Å². The summed E-state index contributed by atoms with van der Waals surface area (Å²) in [4.78, 5) is 0. The Labute approximate surface area is 111 Å². The van der Waals surface area contributed by atoms with Crippen LogP contribution in [0.5, 0.6) is 0 Å². The number of para-hydroxylation sites is 1. The maximum Gasteiger partial charge on any atom is 0.241 e. The second-order valence-electron chi connectivity index (χ2n) is 4.69. The Morgan fingerprint density at radius 2 is 1.63 bits per heavy atom. The zero-order chi connectivity index (χ0) is 12.7. The van der Waals surface area contributed by atoms with E-state index in [2.05, 4.69) is 76.9 Å². The van der Waals surface area contributed by atoms with Crippen molar-refractivity contribution in [3.63, 3.8) is 0 Å². The van der Waals surface area contributed by atoms with Crippen LogP contribution in [0.25, 0.3) is 22.8 Å². The van der Waals surface area contributed by atoms with E-state index in [4.69, 9.17) is 0 Å². The number of hydrogen-bond donors (Lipinski definition) is 1. The second kappa shape index (κ2) is 3.95. The van der Waals surface area contributed by atoms with Gasteiger partial charge < -0.3 is 5.32 Å². The summed E-state index contributed by atoms with van der Waals surface area (Å²) in [5, 5.41) is 4.76. The van der Waals surface area contributed by atoms with E-state index >= 15 is 0 Å². The number of nitrogens with zero attached hydrogens (tertiary/aromatic N) is 1. The lowest BCUT2D eigenvalue weighted by Crippen LogP contribution is -2.31. The average molecular weight is 245 g/mol. The molecule has 2 aromatic carbocycles. The van der Waals surface area contributed by atoms with Gasteiger partial charge >= 0.3 is 0 Å². The predicted octanol–water partition coefficient (Wildman–Crippen LogP) is 3.51. The summed E-state index contributed by atoms with van der Waals surface area (Å²) in [5.41, 5.74) is 4.70. The van der Waals surface area contributed by atoms with Gasteiger partial charge in [-0.05, 0) is 18.2 Å². The number of benzene rings is 2. The summed E-state index contributed by atoms with van der Waals surface area (Å²) in [6, 6.07) is 21.0. The molecule has 1 aliphatic rings. The first-order valence-electron chi connectivity index (χ1n) is 6.39. The van der Waals surface area contributed by atoms with Gasteiger partial charge in [0.1, 0.15) is 11.4 Å². The smallest absolute Gasteiger partial charge is 0.241 e. The van der Waals surface area contributed by atoms with Crippen LogP contribution in [-0.2, 0) is 0 Å². The van der Waals surface area contributed by atoms with Gasteiger partial charge in [-0.2, -0.15) is 4.57 Å². The van der Waals surface area contributed by atoms with Crippen molar-refractivity contribution in [1.29, 1.82) is 0 Å². The molecule has 90 valence electrons. The van der Waals surface area contributed by atoms with E-state index in [9.17, 15) is 0 Å². The molecule has 19 heavy (non-hydrogen) atoms. The Bertz CT molecular complexity index is 783. The zero-order valence-electron chi connectivity index (χ0n) is 10.4. The predicted molar refractivity (Wildman–Crippen MR) is 78.4 cm³/mol. The van der Waals surface area contributed by atoms with Gasteiger partial charge in [-0.15, -0.1) is 0 Å². The van der Waals surface area contributed by atoms with Gasteiger partial charge in [-0.3, -0.25) is 0 Å². The topological polar surface area (TPSA) is 15.9 Å². The number of aromatic nitrogens is 1. The van der Waals surface area contributed by atoms with Crippen molar-refractivity contribution in [2.75, 3.05) is 5.32 Å². The largest absolute Gasteiger partial charge is 0.345 e. The van der Waals surface area contributed by atoms with Crippen molar-refractivity contribution >= 4 is 28.5 Å². The molecule has 4 rings (SSSR count). The molecule has 0 atom stereocenters. The first-order valence-corrected chi connectivity index (χ1v) is 6.39. The van der Waals surface area contributed by atoms with Crippen molar-refractivity contribution in [2.45, 2.75) is 0 Å². The van der Waals surface area contributed by atoms with Crippen LogP contribution in [0.15, 0.2) is 66.9 Å². The van der Waals surface area contributed by atoms with E-state index < -0.39 is 0 Å². The van der Waals surface area contributed by atoms with Crippen LogP contribution in [0.1, 0.15) is 5.56 Å². The molecule has 0 fully saturated rings. The van der Waals surface area contributed by atoms with Crippen molar-refractivity contribution in [3.8, 4) is 0 Å². The van der Waals surface area contributed by atoms with Gasteiger partial charge in [0.05, 0.1) is 0 Å². The number of nitrogens with one attached hydrogen (secondary N) is 1. The number of pyridine rings is 1. The SMILES string of the molecule is C1=C(c2ccccc2)Nc2cccc3ccc[n+]1c23. The summed E-state index contributed by atoms with van der Waals surface area (Å²) in [6.07, 6.45) is 4.24. The Kier molecular flexibility index (Phi) is 2.15. The third kappa shape index (κ3) is 1.61. The van der Waals surface area contributed by atoms with Crippen molar-refractivity contribution in [1.82, 2.24) is 0 Å². The van der Waals surface area contributed by atoms with Crippen LogP contribution < -0.4 is 9.88 Å². The standard InChI is InChI=1S/C17H13N2/c1-2-6-13(7-3-1)16-12-19-11-5-9-14-8-4-10-15(18-16)17(14)19/h1-12,18H/q+1. The van der Waals surface area contributed by atoms with Crippen molar-refractivity contribution < 1.29 is 4.57 Å². The molecule has 1 aromatic heterocycles. The van der Waals surface area contributed by atoms with Crippen LogP contribution >= 0.6 is 0 Å². The van der Waals surface area contributed by atoms with Crippen molar-refractivity contribution in [3.05, 3.63) is 72.4 Å². The van der Waals surface area contributed by atoms with Gasteiger partial charge in [0.15, 0.2) is 12.4 Å². The summed E-state index contributed by atoms with van der Waals surface area (Å²) < 4.78 is 2.18. The molecule has 0 saturated carbocycles. The number of anilines is 1. The fraction of sp³-hybridized carbons (Fsp3) is 0. The summed E-state index contributed by atoms with van der Waals surface area (Å²) in [6.45, 7) is 0. The second-order valence-corrected chi connectivity index (χ2v) is 4.69. The lowest BCUT2D eigenvalue weighted by atomic mass is 10.1. The van der Waals surface area contributed by atoms with Gasteiger partial charge in [-0.25, -0.2) is 0 Å². The molecule has 0 saturated heterocycles. The first kappa shape index (κ1) is 10.3. The Balaban J connectivity index is 1.96. The number of rotatable bonds is 1. The van der Waals surface area contributed by atoms with Crippen LogP contribution in [0.2, 0.25) is 0 Å². The fourth-order valence-corrected chi connectivity index (χ4v) is 2.59. The van der Waals surface area contributed by atoms with Crippen LogP contribution in [0, 0.1) is 0 Å². The van der Waals surface area contributed by atoms with Gasteiger partial charge in [0, 0.05) is 17.0 Å². The summed E-state index contributed by atoms with van der Waals surface area (Å²) in [5.74, 6) is 0. The quantitative estimate of drug-likeness (QED) is 0.649. The maximum atomic E-state index is 3.52. The van der Waals surface area contributed by atoms with E-state index in [1.807, 2.05) is 6.07 Å². The highest BCUT2D eigenvalue weighted by Crippen LogP contribution is 2.27. The minimum absolute atomic E-state index is 1.12. The monoisotopic (exact) mass is 245 g/mol. The summed E-state index contributed by atoms with van der Waals surface area (Å²) >= 11 is 0. The van der Waals surface area contributed by atoms with E-state index in [1.54, 1.807) is 0 Å². The van der Waals surface area contributed by atoms with Crippen molar-refractivity contribution in [2.24, 2.45) is 0 Å². The highest BCUT2D eigenvalue weighted by Gasteiger charge is 2.19. The molecule has 0 aliphatic carbocycles. The highest BCUT2D eigenvalue weighted by molar-refractivity contribution is 5.96. The normalized spacial score (nSPS) is 12.9. The summed E-state index contributed by atoms with van der Waals surface area (Å²) in [7, 11) is 0. The molecule has 2 heterocycles. The van der Waals surface area contributed by atoms with Gasteiger partial charge in [0.2, 0.25) is 5.52 Å². The van der Waals surface area contributed by atoms with E-state index in [1.165, 1.54) is 16.5 Å². The average Bonchev–Trinajstić information content (AvgIpc) is 2.49. The number of hydrogen-bond acceptors (Lipinski definition) is 1. The Hall–Kier alpha value is -2.61. The third-order valence-corrected chi connectivity index (χ3v) is 3.47. The van der Waals surface area contributed by atoms with Gasteiger partial charge in [-0.1, -0.05) is 36.4 Å². The molecular weight excluding hydrogens is 232 g/mol. The molecule has 0 bridgehead atoms. The molecule has 0 radical (unpaired) electrons. The molecule has 2 heteroatoms. The molecule has 0 amide bonds. The third-order valence-electron chi connectivity index (χ3n) is 3.47. The molecule has 0 unspecified atom stereocenters. The van der Waals surface area contributed by atoms with Gasteiger partial charge in [0.25, 0.3) is 0 Å². The highest BCUT2D eigenvalue weighted by atomic mass is 15.0. The lowest BCUT2D eigenvalue weighted by molar-refractivity contribution is -0.538. The zero-order valence-corrected chi connectivity index (χ0v) is 10.4. The maximum absolute atomic E-state index is 3.52. The molecule has 1 aliphatic heterocycles. The fourth-order valence-electron chi connectivity index (χ4n) is 2.59. The molecule has 3 aromatic rings. The molecular formula is C17H13N2+. The van der Waals surface area contributed by atoms with Crippen LogP contribution in [-0.4, -0.2) is 0 Å². The Morgan fingerprint density at radius 3 is 2.53 bits per heavy atom. The van der Waals surface area contributed by atoms with Crippen LogP contribution in [0.4, 0.5) is 5.69 Å². The van der Waals surface area contributed by atoms with E-state index in [-0.39, 0.29) is 0 Å². The molecule has 0 spiro atoms. The van der Waals surface area contributed by atoms with E-state index in [0.717, 1.165) is 11.4 Å². The molecule has 2 nitrogen and oxygen atoms in total. The van der Waals surface area contributed by atoms with E-state index in [0.29, 0.717) is 0 Å². The minimum atomic E-state index is 1.12. The Morgan fingerprint density at radius 1 is 0.789 bits per heavy atom.